The zero-order valence-electron chi connectivity index (χ0n) is 16.0. The average molecular weight is 398 g/mol. The van der Waals surface area contributed by atoms with Gasteiger partial charge in [-0.1, -0.05) is 18.6 Å². The summed E-state index contributed by atoms with van der Waals surface area (Å²) in [5.41, 5.74) is 8.87. The minimum absolute atomic E-state index is 0.236. The summed E-state index contributed by atoms with van der Waals surface area (Å²) in [7, 11) is 0. The van der Waals surface area contributed by atoms with Gasteiger partial charge in [-0.2, -0.15) is 5.26 Å². The van der Waals surface area contributed by atoms with Crippen molar-refractivity contribution < 1.29 is 14.3 Å². The summed E-state index contributed by atoms with van der Waals surface area (Å²) in [5.74, 6) is -1.11. The number of aryl methyl sites for hydroxylation is 2. The lowest BCUT2D eigenvalue weighted by Crippen LogP contribution is -2.30. The number of nitrogens with one attached hydrogen (secondary N) is 1. The van der Waals surface area contributed by atoms with Gasteiger partial charge in [0.2, 0.25) is 0 Å². The number of carbonyl (C=O) groups excluding carboxylic acids is 2. The maximum absolute atomic E-state index is 12.6. The molecule has 2 aromatic rings. The Bertz CT molecular complexity index is 959. The molecule has 1 aromatic heterocycles. The third kappa shape index (κ3) is 4.02. The molecule has 7 heteroatoms. The highest BCUT2D eigenvalue weighted by atomic mass is 32.1. The SMILES string of the molecule is Cc1cccc(C(=O)O[C@@H](C)C(=O)Nc2sc3c(c2C#N)CCCCC3)c1N. The molecule has 0 fully saturated rings. The minimum atomic E-state index is -1.01. The van der Waals surface area contributed by atoms with E-state index in [0.717, 1.165) is 43.2 Å². The molecule has 0 saturated heterocycles. The number of nitrogens with zero attached hydrogens (tertiary/aromatic N) is 1. The van der Waals surface area contributed by atoms with Crippen LogP contribution in [-0.2, 0) is 22.4 Å². The minimum Gasteiger partial charge on any atom is -0.449 e. The van der Waals surface area contributed by atoms with Gasteiger partial charge in [-0.05, 0) is 56.7 Å². The molecular weight excluding hydrogens is 374 g/mol. The molecule has 146 valence electrons. The van der Waals surface area contributed by atoms with Crippen LogP contribution in [0.15, 0.2) is 18.2 Å². The van der Waals surface area contributed by atoms with Gasteiger partial charge in [0, 0.05) is 10.6 Å². The van der Waals surface area contributed by atoms with E-state index in [-0.39, 0.29) is 5.56 Å². The monoisotopic (exact) mass is 397 g/mol. The number of ether oxygens (including phenoxy) is 1. The van der Waals surface area contributed by atoms with E-state index < -0.39 is 18.0 Å². The van der Waals surface area contributed by atoms with Crippen LogP contribution < -0.4 is 11.1 Å². The van der Waals surface area contributed by atoms with E-state index in [1.807, 2.05) is 0 Å². The highest BCUT2D eigenvalue weighted by Crippen LogP contribution is 2.37. The number of esters is 1. The number of amides is 1. The predicted octanol–water partition coefficient (Wildman–Crippen LogP) is 3.96. The molecule has 0 saturated carbocycles. The second-order valence-electron chi connectivity index (χ2n) is 6.95. The lowest BCUT2D eigenvalue weighted by atomic mass is 10.1. The number of hydrogen-bond acceptors (Lipinski definition) is 6. The standard InChI is InChI=1S/C21H23N3O3S/c1-12-7-6-9-15(18(12)23)21(26)27-13(2)19(25)24-20-16(11-22)14-8-4-3-5-10-17(14)28-20/h6-7,9,13H,3-5,8,10,23H2,1-2H3,(H,24,25)/t13-/m0/s1. The number of rotatable bonds is 4. The van der Waals surface area contributed by atoms with Crippen molar-refractivity contribution in [2.24, 2.45) is 0 Å². The fourth-order valence-corrected chi connectivity index (χ4v) is 4.54. The molecule has 0 spiro atoms. The number of nitrogen functional groups attached to an aromatic ring is 1. The molecule has 0 radical (unpaired) electrons. The van der Waals surface area contributed by atoms with E-state index in [1.54, 1.807) is 25.1 Å². The number of nitrogens with two attached hydrogens (primary N) is 1. The highest BCUT2D eigenvalue weighted by Gasteiger charge is 2.25. The van der Waals surface area contributed by atoms with Crippen LogP contribution in [0.2, 0.25) is 0 Å². The van der Waals surface area contributed by atoms with Crippen molar-refractivity contribution in [2.75, 3.05) is 11.1 Å². The average Bonchev–Trinajstić information content (AvgIpc) is 2.83. The second kappa shape index (κ2) is 8.44. The number of fused-ring (bicyclic) bond motifs is 1. The molecule has 0 aliphatic heterocycles. The smallest absolute Gasteiger partial charge is 0.341 e. The van der Waals surface area contributed by atoms with Gasteiger partial charge < -0.3 is 15.8 Å². The Morgan fingerprint density at radius 1 is 1.29 bits per heavy atom. The van der Waals surface area contributed by atoms with Crippen molar-refractivity contribution >= 4 is 33.9 Å². The third-order valence-corrected chi connectivity index (χ3v) is 6.17. The number of nitriles is 1. The maximum Gasteiger partial charge on any atom is 0.341 e. The zero-order chi connectivity index (χ0) is 20.3. The lowest BCUT2D eigenvalue weighted by molar-refractivity contribution is -0.123. The predicted molar refractivity (Wildman–Crippen MR) is 109 cm³/mol. The van der Waals surface area contributed by atoms with Crippen LogP contribution in [0.4, 0.5) is 10.7 Å². The normalized spacial score (nSPS) is 14.3. The van der Waals surface area contributed by atoms with Gasteiger partial charge in [0.25, 0.3) is 5.91 Å². The first-order valence-corrected chi connectivity index (χ1v) is 10.2. The van der Waals surface area contributed by atoms with Gasteiger partial charge in [-0.25, -0.2) is 4.79 Å². The summed E-state index contributed by atoms with van der Waals surface area (Å²) in [6.45, 7) is 3.30. The zero-order valence-corrected chi connectivity index (χ0v) is 16.8. The number of anilines is 2. The maximum atomic E-state index is 12.6. The lowest BCUT2D eigenvalue weighted by Gasteiger charge is -2.14. The molecule has 1 aliphatic rings. The van der Waals surface area contributed by atoms with Gasteiger partial charge in [0.05, 0.1) is 11.1 Å². The topological polar surface area (TPSA) is 105 Å². The first-order valence-electron chi connectivity index (χ1n) is 9.34. The molecule has 3 N–H and O–H groups in total. The van der Waals surface area contributed by atoms with Crippen molar-refractivity contribution in [3.63, 3.8) is 0 Å². The Labute approximate surface area is 168 Å². The number of carbonyl (C=O) groups is 2. The van der Waals surface area contributed by atoms with Crippen LogP contribution in [0.3, 0.4) is 0 Å². The molecule has 1 amide bonds. The van der Waals surface area contributed by atoms with Gasteiger partial charge in [-0.3, -0.25) is 4.79 Å². The molecule has 1 aliphatic carbocycles. The van der Waals surface area contributed by atoms with Crippen LogP contribution >= 0.6 is 11.3 Å². The van der Waals surface area contributed by atoms with Crippen LogP contribution in [0, 0.1) is 18.3 Å². The fraction of sp³-hybridized carbons (Fsp3) is 0.381. The molecule has 6 nitrogen and oxygen atoms in total. The summed E-state index contributed by atoms with van der Waals surface area (Å²) in [6.07, 6.45) is 4.09. The van der Waals surface area contributed by atoms with Gasteiger partial charge in [0.1, 0.15) is 11.1 Å². The van der Waals surface area contributed by atoms with E-state index >= 15 is 0 Å². The Morgan fingerprint density at radius 2 is 2.04 bits per heavy atom. The molecular formula is C21H23N3O3S. The molecule has 1 aromatic carbocycles. The third-order valence-electron chi connectivity index (χ3n) is 4.97. The quantitative estimate of drug-likeness (QED) is 0.461. The summed E-state index contributed by atoms with van der Waals surface area (Å²) in [5, 5.41) is 12.9. The number of thiophene rings is 1. The van der Waals surface area contributed by atoms with E-state index in [1.165, 1.54) is 23.1 Å². The van der Waals surface area contributed by atoms with Crippen molar-refractivity contribution in [1.29, 1.82) is 5.26 Å². The Balaban J connectivity index is 1.72. The summed E-state index contributed by atoms with van der Waals surface area (Å²) < 4.78 is 5.29. The van der Waals surface area contributed by atoms with Crippen LogP contribution in [-0.4, -0.2) is 18.0 Å². The Morgan fingerprint density at radius 3 is 2.79 bits per heavy atom. The van der Waals surface area contributed by atoms with Crippen LogP contribution in [0.1, 0.15) is 58.1 Å². The van der Waals surface area contributed by atoms with E-state index in [4.69, 9.17) is 10.5 Å². The van der Waals surface area contributed by atoms with Gasteiger partial charge >= 0.3 is 5.97 Å². The van der Waals surface area contributed by atoms with Gasteiger partial charge in [-0.15, -0.1) is 11.3 Å². The first kappa shape index (κ1) is 19.9. The van der Waals surface area contributed by atoms with Crippen LogP contribution in [0.5, 0.6) is 0 Å². The van der Waals surface area contributed by atoms with Crippen molar-refractivity contribution in [3.8, 4) is 6.07 Å². The first-order chi connectivity index (χ1) is 13.4. The molecule has 0 unspecified atom stereocenters. The largest absolute Gasteiger partial charge is 0.449 e. The highest BCUT2D eigenvalue weighted by molar-refractivity contribution is 7.16. The molecule has 28 heavy (non-hydrogen) atoms. The fourth-order valence-electron chi connectivity index (χ4n) is 3.30. The molecule has 0 bridgehead atoms. The van der Waals surface area contributed by atoms with Crippen molar-refractivity contribution in [3.05, 3.63) is 45.3 Å². The Hall–Kier alpha value is -2.85. The molecule has 1 atom stereocenters. The second-order valence-corrected chi connectivity index (χ2v) is 8.06. The summed E-state index contributed by atoms with van der Waals surface area (Å²) in [6, 6.07) is 7.31. The van der Waals surface area contributed by atoms with E-state index in [9.17, 15) is 14.9 Å². The van der Waals surface area contributed by atoms with E-state index in [0.29, 0.717) is 16.3 Å². The number of para-hydroxylation sites is 1. The van der Waals surface area contributed by atoms with Crippen molar-refractivity contribution in [2.45, 2.75) is 52.1 Å². The van der Waals surface area contributed by atoms with Crippen LogP contribution in [0.25, 0.3) is 0 Å². The summed E-state index contributed by atoms with van der Waals surface area (Å²) in [4.78, 5) is 26.1. The van der Waals surface area contributed by atoms with Crippen molar-refractivity contribution in [1.82, 2.24) is 0 Å². The molecule has 3 rings (SSSR count). The number of benzene rings is 1. The van der Waals surface area contributed by atoms with E-state index in [2.05, 4.69) is 11.4 Å². The number of hydrogen-bond donors (Lipinski definition) is 2. The Kier molecular flexibility index (Phi) is 6.00. The summed E-state index contributed by atoms with van der Waals surface area (Å²) >= 11 is 1.45. The van der Waals surface area contributed by atoms with Gasteiger partial charge in [0.15, 0.2) is 6.10 Å². The molecule has 1 heterocycles.